The first-order valence-corrected chi connectivity index (χ1v) is 14.0. The number of ether oxygens (including phenoxy) is 1. The fourth-order valence-corrected chi connectivity index (χ4v) is 5.51. The molecule has 1 fully saturated rings. The van der Waals surface area contributed by atoms with Gasteiger partial charge in [0.05, 0.1) is 17.3 Å². The van der Waals surface area contributed by atoms with Gasteiger partial charge in [-0.1, -0.05) is 30.3 Å². The van der Waals surface area contributed by atoms with E-state index in [1.807, 2.05) is 94.5 Å². The molecule has 0 spiro atoms. The maximum absolute atomic E-state index is 12.5. The van der Waals surface area contributed by atoms with Crippen molar-refractivity contribution in [2.45, 2.75) is 12.1 Å². The summed E-state index contributed by atoms with van der Waals surface area (Å²) < 4.78 is 7.52. The summed E-state index contributed by atoms with van der Waals surface area (Å²) in [5, 5.41) is 16.4. The zero-order chi connectivity index (χ0) is 29.8. The van der Waals surface area contributed by atoms with Gasteiger partial charge in [-0.3, -0.25) is 9.78 Å². The van der Waals surface area contributed by atoms with E-state index in [9.17, 15) is 14.7 Å². The number of carboxylic acid groups (broad SMARTS) is 1. The summed E-state index contributed by atoms with van der Waals surface area (Å²) in [5.74, 6) is -0.647. The van der Waals surface area contributed by atoms with Crippen molar-refractivity contribution in [2.75, 3.05) is 16.8 Å². The summed E-state index contributed by atoms with van der Waals surface area (Å²) in [5.41, 5.74) is 4.05. The molecule has 0 aliphatic carbocycles. The Morgan fingerprint density at radius 1 is 0.907 bits per heavy atom. The van der Waals surface area contributed by atoms with Gasteiger partial charge in [-0.2, -0.15) is 0 Å². The van der Waals surface area contributed by atoms with Crippen molar-refractivity contribution < 1.29 is 19.4 Å². The second kappa shape index (κ2) is 12.2. The number of pyridine rings is 1. The van der Waals surface area contributed by atoms with Crippen LogP contribution in [0.4, 0.5) is 11.4 Å². The number of anilines is 2. The zero-order valence-electron chi connectivity index (χ0n) is 22.8. The second-order valence-corrected chi connectivity index (χ2v) is 10.2. The molecule has 214 valence electrons. The van der Waals surface area contributed by atoms with E-state index in [4.69, 9.17) is 17.0 Å². The van der Waals surface area contributed by atoms with E-state index in [0.29, 0.717) is 22.2 Å². The van der Waals surface area contributed by atoms with E-state index >= 15 is 0 Å². The molecule has 0 radical (unpaired) electrons. The number of nitrogens with one attached hydrogen (secondary N) is 2. The summed E-state index contributed by atoms with van der Waals surface area (Å²) in [7, 11) is 0. The van der Waals surface area contributed by atoms with Crippen LogP contribution in [0.2, 0.25) is 0 Å². The van der Waals surface area contributed by atoms with Crippen LogP contribution in [0.1, 0.15) is 33.8 Å². The van der Waals surface area contributed by atoms with Gasteiger partial charge >= 0.3 is 5.97 Å². The Hall–Kier alpha value is -5.48. The van der Waals surface area contributed by atoms with Crippen LogP contribution in [0.3, 0.4) is 0 Å². The second-order valence-electron chi connectivity index (χ2n) is 9.85. The van der Waals surface area contributed by atoms with E-state index in [1.54, 1.807) is 36.5 Å². The number of aromatic carboxylic acids is 1. The number of carbonyl (C=O) groups is 2. The first kappa shape index (κ1) is 27.7. The third-order valence-electron chi connectivity index (χ3n) is 7.10. The molecule has 0 bridgehead atoms. The lowest BCUT2D eigenvalue weighted by Crippen LogP contribution is -2.30. The highest BCUT2D eigenvalue weighted by Gasteiger charge is 2.42. The number of aromatic nitrogens is 2. The predicted molar refractivity (Wildman–Crippen MR) is 168 cm³/mol. The largest absolute Gasteiger partial charge is 0.484 e. The van der Waals surface area contributed by atoms with Crippen LogP contribution in [0.25, 0.3) is 5.69 Å². The summed E-state index contributed by atoms with van der Waals surface area (Å²) in [6, 6.07) is 32.5. The van der Waals surface area contributed by atoms with Gasteiger partial charge in [0.1, 0.15) is 11.8 Å². The van der Waals surface area contributed by atoms with Crippen molar-refractivity contribution in [3.8, 4) is 11.4 Å². The smallest absolute Gasteiger partial charge is 0.335 e. The molecule has 1 saturated heterocycles. The van der Waals surface area contributed by atoms with Crippen LogP contribution in [-0.2, 0) is 4.79 Å². The van der Waals surface area contributed by atoms with Crippen molar-refractivity contribution in [1.82, 2.24) is 14.9 Å². The lowest BCUT2D eigenvalue weighted by Gasteiger charge is -2.29. The average molecular weight is 590 g/mol. The number of hydrogen-bond donors (Lipinski definition) is 3. The van der Waals surface area contributed by atoms with Gasteiger partial charge in [0.15, 0.2) is 11.7 Å². The molecule has 9 nitrogen and oxygen atoms in total. The molecule has 10 heteroatoms. The molecule has 3 aromatic carbocycles. The van der Waals surface area contributed by atoms with E-state index in [-0.39, 0.29) is 30.2 Å². The van der Waals surface area contributed by atoms with Gasteiger partial charge in [0, 0.05) is 35.1 Å². The Morgan fingerprint density at radius 3 is 2.44 bits per heavy atom. The van der Waals surface area contributed by atoms with Gasteiger partial charge in [0.25, 0.3) is 5.91 Å². The zero-order valence-corrected chi connectivity index (χ0v) is 23.6. The van der Waals surface area contributed by atoms with Crippen LogP contribution in [-0.4, -0.2) is 38.3 Å². The SMILES string of the molecule is O=C(COc1ccccc1)Nc1ccc(N2C(=S)N[C@@H](c3ccccn3)[C@@H]2c2cccn2-c2cccc(C(=O)O)c2)cc1. The van der Waals surface area contributed by atoms with Gasteiger partial charge in [0.2, 0.25) is 0 Å². The first-order valence-electron chi connectivity index (χ1n) is 13.6. The fourth-order valence-electron chi connectivity index (χ4n) is 5.16. The molecule has 3 N–H and O–H groups in total. The highest BCUT2D eigenvalue weighted by atomic mass is 32.1. The number of benzene rings is 3. The van der Waals surface area contributed by atoms with Crippen molar-refractivity contribution in [3.63, 3.8) is 0 Å². The standard InChI is InChI=1S/C33H27N5O4S/c39-29(21-42-26-10-2-1-3-11-26)35-23-14-16-24(17-15-23)38-31(30(36-33(38)43)27-12-4-5-18-34-27)28-13-7-19-37(28)25-9-6-8-22(20-25)32(40)41/h1-20,30-31H,21H2,(H,35,39)(H,36,43)(H,40,41)/t30-,31-/m0/s1. The van der Waals surface area contributed by atoms with Crippen LogP contribution in [0.5, 0.6) is 5.75 Å². The molecule has 2 aromatic heterocycles. The molecule has 3 heterocycles. The minimum absolute atomic E-state index is 0.111. The molecule has 43 heavy (non-hydrogen) atoms. The van der Waals surface area contributed by atoms with Crippen molar-refractivity contribution in [2.24, 2.45) is 0 Å². The van der Waals surface area contributed by atoms with Crippen LogP contribution in [0.15, 0.2) is 122 Å². The molecule has 0 saturated carbocycles. The topological polar surface area (TPSA) is 109 Å². The summed E-state index contributed by atoms with van der Waals surface area (Å²) in [6.07, 6.45) is 3.65. The molecule has 2 atom stereocenters. The quantitative estimate of drug-likeness (QED) is 0.186. The fraction of sp³-hybridized carbons (Fsp3) is 0.0909. The van der Waals surface area contributed by atoms with Crippen molar-refractivity contribution in [1.29, 1.82) is 0 Å². The molecular formula is C33H27N5O4S. The number of amides is 1. The molecule has 5 aromatic rings. The summed E-state index contributed by atoms with van der Waals surface area (Å²) >= 11 is 5.86. The number of rotatable bonds is 9. The lowest BCUT2D eigenvalue weighted by atomic mass is 10.0. The maximum Gasteiger partial charge on any atom is 0.335 e. The molecule has 6 rings (SSSR count). The van der Waals surface area contributed by atoms with Crippen LogP contribution >= 0.6 is 12.2 Å². The monoisotopic (exact) mass is 589 g/mol. The lowest BCUT2D eigenvalue weighted by molar-refractivity contribution is -0.118. The number of nitrogens with zero attached hydrogens (tertiary/aromatic N) is 3. The Labute approximate surface area is 253 Å². The van der Waals surface area contributed by atoms with Gasteiger partial charge < -0.3 is 29.9 Å². The third kappa shape index (κ3) is 5.95. The number of thiocarbonyl (C=S) groups is 1. The van der Waals surface area contributed by atoms with Crippen molar-refractivity contribution in [3.05, 3.63) is 139 Å². The van der Waals surface area contributed by atoms with Crippen LogP contribution < -0.4 is 20.3 Å². The van der Waals surface area contributed by atoms with E-state index < -0.39 is 5.97 Å². The summed E-state index contributed by atoms with van der Waals surface area (Å²) in [6.45, 7) is -0.111. The summed E-state index contributed by atoms with van der Waals surface area (Å²) in [4.78, 5) is 30.8. The Morgan fingerprint density at radius 2 is 1.70 bits per heavy atom. The Kier molecular flexibility index (Phi) is 7.84. The maximum atomic E-state index is 12.5. The number of para-hydroxylation sites is 1. The molecule has 1 amide bonds. The third-order valence-corrected chi connectivity index (χ3v) is 7.41. The average Bonchev–Trinajstić information content (AvgIpc) is 3.66. The molecular weight excluding hydrogens is 562 g/mol. The molecule has 1 aliphatic rings. The Bertz CT molecular complexity index is 1760. The normalized spacial score (nSPS) is 16.0. The first-order chi connectivity index (χ1) is 21.0. The minimum Gasteiger partial charge on any atom is -0.484 e. The van der Waals surface area contributed by atoms with Crippen LogP contribution in [0, 0.1) is 0 Å². The highest BCUT2D eigenvalue weighted by Crippen LogP contribution is 2.42. The number of hydrogen-bond acceptors (Lipinski definition) is 5. The predicted octanol–water partition coefficient (Wildman–Crippen LogP) is 5.77. The van der Waals surface area contributed by atoms with E-state index in [0.717, 1.165) is 17.1 Å². The Balaban J connectivity index is 1.30. The number of carbonyl (C=O) groups excluding carboxylic acids is 1. The van der Waals surface area contributed by atoms with Gasteiger partial charge in [-0.25, -0.2) is 4.79 Å². The van der Waals surface area contributed by atoms with E-state index in [2.05, 4.69) is 15.6 Å². The van der Waals surface area contributed by atoms with Gasteiger partial charge in [-0.15, -0.1) is 0 Å². The van der Waals surface area contributed by atoms with Gasteiger partial charge in [-0.05, 0) is 91.1 Å². The highest BCUT2D eigenvalue weighted by molar-refractivity contribution is 7.80. The van der Waals surface area contributed by atoms with E-state index in [1.165, 1.54) is 0 Å². The molecule has 1 aliphatic heterocycles. The minimum atomic E-state index is -0.994. The van der Waals surface area contributed by atoms with Crippen molar-refractivity contribution >= 4 is 40.6 Å². The molecule has 0 unspecified atom stereocenters. The number of carboxylic acids is 1.